The van der Waals surface area contributed by atoms with E-state index in [4.69, 9.17) is 21.8 Å². The summed E-state index contributed by atoms with van der Waals surface area (Å²) in [5.74, 6) is 2.10. The Morgan fingerprint density at radius 2 is 2.05 bits per heavy atom. The van der Waals surface area contributed by atoms with E-state index in [1.165, 1.54) is 0 Å². The minimum Gasteiger partial charge on any atom is -0.464 e. The van der Waals surface area contributed by atoms with E-state index in [2.05, 4.69) is 20.3 Å². The predicted molar refractivity (Wildman–Crippen MR) is 76.7 cm³/mol. The maximum Gasteiger partial charge on any atom is 0.224 e. The number of nitrogens with one attached hydrogen (secondary N) is 1. The van der Waals surface area contributed by atoms with E-state index in [0.717, 1.165) is 0 Å². The van der Waals surface area contributed by atoms with Crippen molar-refractivity contribution in [1.82, 2.24) is 15.0 Å². The molecule has 0 aliphatic heterocycles. The van der Waals surface area contributed by atoms with E-state index < -0.39 is 0 Å². The number of hydrogen-bond donors (Lipinski definition) is 2. The second-order valence-corrected chi connectivity index (χ2v) is 4.29. The highest BCUT2D eigenvalue weighted by Gasteiger charge is 2.12. The van der Waals surface area contributed by atoms with Gasteiger partial charge in [0.05, 0.1) is 11.8 Å². The van der Waals surface area contributed by atoms with Crippen LogP contribution in [0.15, 0.2) is 47.2 Å². The number of furan rings is 1. The molecule has 3 aromatic rings. The van der Waals surface area contributed by atoms with E-state index in [9.17, 15) is 0 Å². The summed E-state index contributed by atoms with van der Waals surface area (Å²) < 4.78 is 5.35. The highest BCUT2D eigenvalue weighted by Crippen LogP contribution is 2.28. The van der Waals surface area contributed by atoms with Crippen LogP contribution in [0, 0.1) is 0 Å². The van der Waals surface area contributed by atoms with E-state index in [1.807, 2.05) is 6.07 Å². The van der Waals surface area contributed by atoms with Crippen molar-refractivity contribution in [2.45, 2.75) is 0 Å². The number of aromatic nitrogens is 3. The van der Waals surface area contributed by atoms with Crippen LogP contribution in [0.25, 0.3) is 11.3 Å². The first-order chi connectivity index (χ1) is 9.72. The smallest absolute Gasteiger partial charge is 0.224 e. The lowest BCUT2D eigenvalue weighted by Gasteiger charge is -2.09. The van der Waals surface area contributed by atoms with Gasteiger partial charge in [0.2, 0.25) is 5.28 Å². The molecule has 3 rings (SSSR count). The summed E-state index contributed by atoms with van der Waals surface area (Å²) in [6.45, 7) is 0. The summed E-state index contributed by atoms with van der Waals surface area (Å²) in [6.07, 6.45) is 3.16. The molecule has 7 heteroatoms. The van der Waals surface area contributed by atoms with Crippen LogP contribution in [0.3, 0.4) is 0 Å². The molecule has 0 atom stereocenters. The zero-order valence-electron chi connectivity index (χ0n) is 10.2. The first-order valence-corrected chi connectivity index (χ1v) is 6.16. The van der Waals surface area contributed by atoms with Crippen molar-refractivity contribution in [3.05, 3.63) is 48.1 Å². The van der Waals surface area contributed by atoms with Crippen molar-refractivity contribution in [1.29, 1.82) is 0 Å². The lowest BCUT2D eigenvalue weighted by molar-refractivity contribution is 0.582. The summed E-state index contributed by atoms with van der Waals surface area (Å²) in [6, 6.07) is 8.86. The lowest BCUT2D eigenvalue weighted by atomic mass is 10.2. The molecule has 0 bridgehead atoms. The number of nitrogen functional groups attached to an aromatic ring is 1. The molecule has 0 fully saturated rings. The van der Waals surface area contributed by atoms with Crippen LogP contribution in [0.1, 0.15) is 0 Å². The molecule has 0 spiro atoms. The first-order valence-electron chi connectivity index (χ1n) is 5.78. The van der Waals surface area contributed by atoms with Gasteiger partial charge in [-0.2, -0.15) is 4.98 Å². The third kappa shape index (κ3) is 2.55. The monoisotopic (exact) mass is 287 g/mol. The van der Waals surface area contributed by atoms with Crippen molar-refractivity contribution in [2.24, 2.45) is 0 Å². The Labute approximate surface area is 119 Å². The molecular formula is C13H10ClN5O. The Kier molecular flexibility index (Phi) is 3.22. The van der Waals surface area contributed by atoms with Gasteiger partial charge in [-0.05, 0) is 35.9 Å². The zero-order valence-corrected chi connectivity index (χ0v) is 11.0. The molecular weight excluding hydrogens is 278 g/mol. The summed E-state index contributed by atoms with van der Waals surface area (Å²) in [7, 11) is 0. The van der Waals surface area contributed by atoms with E-state index in [1.54, 1.807) is 36.7 Å². The minimum absolute atomic E-state index is 0.131. The van der Waals surface area contributed by atoms with Gasteiger partial charge in [-0.15, -0.1) is 0 Å². The third-order valence-corrected chi connectivity index (χ3v) is 2.75. The van der Waals surface area contributed by atoms with Crippen LogP contribution in [0.5, 0.6) is 0 Å². The van der Waals surface area contributed by atoms with Crippen LogP contribution in [0.2, 0.25) is 5.28 Å². The summed E-state index contributed by atoms with van der Waals surface area (Å²) in [5, 5.41) is 3.19. The molecule has 0 amide bonds. The van der Waals surface area contributed by atoms with Gasteiger partial charge in [0.1, 0.15) is 23.2 Å². The SMILES string of the molecule is Nc1cccc(Nc2nc(Cl)ncc2-c2ccco2)n1. The third-order valence-electron chi connectivity index (χ3n) is 2.56. The molecule has 3 aromatic heterocycles. The Balaban J connectivity index is 2.02. The van der Waals surface area contributed by atoms with Gasteiger partial charge in [0.15, 0.2) is 0 Å². The number of hydrogen-bond acceptors (Lipinski definition) is 6. The zero-order chi connectivity index (χ0) is 13.9. The fraction of sp³-hybridized carbons (Fsp3) is 0. The van der Waals surface area contributed by atoms with Gasteiger partial charge in [0, 0.05) is 6.20 Å². The predicted octanol–water partition coefficient (Wildman–Crippen LogP) is 3.11. The quantitative estimate of drug-likeness (QED) is 0.719. The Bertz CT molecular complexity index is 729. The number of nitrogens with two attached hydrogens (primary N) is 1. The normalized spacial score (nSPS) is 10.4. The van der Waals surface area contributed by atoms with Gasteiger partial charge in [-0.1, -0.05) is 6.07 Å². The molecule has 6 nitrogen and oxygen atoms in total. The number of halogens is 1. The van der Waals surface area contributed by atoms with Crippen molar-refractivity contribution in [3.63, 3.8) is 0 Å². The number of rotatable bonds is 3. The van der Waals surface area contributed by atoms with Gasteiger partial charge in [-0.25, -0.2) is 9.97 Å². The Hall–Kier alpha value is -2.60. The van der Waals surface area contributed by atoms with Crippen molar-refractivity contribution in [3.8, 4) is 11.3 Å². The fourth-order valence-electron chi connectivity index (χ4n) is 1.71. The van der Waals surface area contributed by atoms with Crippen LogP contribution in [-0.4, -0.2) is 15.0 Å². The molecule has 0 aliphatic carbocycles. The summed E-state index contributed by atoms with van der Waals surface area (Å²) in [4.78, 5) is 12.3. The van der Waals surface area contributed by atoms with E-state index in [-0.39, 0.29) is 5.28 Å². The molecule has 3 heterocycles. The second kappa shape index (κ2) is 5.18. The van der Waals surface area contributed by atoms with Crippen molar-refractivity contribution >= 4 is 29.1 Å². The van der Waals surface area contributed by atoms with Gasteiger partial charge in [0.25, 0.3) is 0 Å². The average Bonchev–Trinajstić information content (AvgIpc) is 2.93. The number of anilines is 3. The number of pyridine rings is 1. The molecule has 0 radical (unpaired) electrons. The minimum atomic E-state index is 0.131. The van der Waals surface area contributed by atoms with Crippen LogP contribution in [0.4, 0.5) is 17.5 Å². The van der Waals surface area contributed by atoms with E-state index >= 15 is 0 Å². The molecule has 0 unspecified atom stereocenters. The maximum absolute atomic E-state index is 5.84. The highest BCUT2D eigenvalue weighted by molar-refractivity contribution is 6.28. The molecule has 0 aliphatic rings. The largest absolute Gasteiger partial charge is 0.464 e. The molecule has 3 N–H and O–H groups in total. The second-order valence-electron chi connectivity index (χ2n) is 3.95. The van der Waals surface area contributed by atoms with Gasteiger partial charge >= 0.3 is 0 Å². The summed E-state index contributed by atoms with van der Waals surface area (Å²) in [5.41, 5.74) is 6.33. The Morgan fingerprint density at radius 1 is 1.15 bits per heavy atom. The van der Waals surface area contributed by atoms with Crippen molar-refractivity contribution in [2.75, 3.05) is 11.1 Å². The highest BCUT2D eigenvalue weighted by atomic mass is 35.5. The molecule has 20 heavy (non-hydrogen) atoms. The average molecular weight is 288 g/mol. The lowest BCUT2D eigenvalue weighted by Crippen LogP contribution is -2.01. The van der Waals surface area contributed by atoms with Crippen molar-refractivity contribution < 1.29 is 4.42 Å². The molecule has 100 valence electrons. The topological polar surface area (TPSA) is 89.9 Å². The van der Waals surface area contributed by atoms with E-state index in [0.29, 0.717) is 28.8 Å². The maximum atomic E-state index is 5.84. The van der Waals surface area contributed by atoms with Crippen LogP contribution >= 0.6 is 11.6 Å². The summed E-state index contributed by atoms with van der Waals surface area (Å²) >= 11 is 5.84. The van der Waals surface area contributed by atoms with Crippen LogP contribution in [-0.2, 0) is 0 Å². The van der Waals surface area contributed by atoms with Gasteiger partial charge in [-0.3, -0.25) is 0 Å². The molecule has 0 aromatic carbocycles. The molecule has 0 saturated heterocycles. The van der Waals surface area contributed by atoms with Crippen LogP contribution < -0.4 is 11.1 Å². The van der Waals surface area contributed by atoms with Gasteiger partial charge < -0.3 is 15.5 Å². The standard InChI is InChI=1S/C13H10ClN5O/c14-13-16-7-8(9-3-2-6-20-9)12(19-13)18-11-5-1-4-10(15)17-11/h1-7H,(H3,15,16,17,18,19). The fourth-order valence-corrected chi connectivity index (χ4v) is 1.84. The molecule has 0 saturated carbocycles. The first kappa shape index (κ1) is 12.4. The number of nitrogens with zero attached hydrogens (tertiary/aromatic N) is 3. The Morgan fingerprint density at radius 3 is 2.80 bits per heavy atom.